The largest absolute Gasteiger partial charge is 0.424 e. The lowest BCUT2D eigenvalue weighted by Gasteiger charge is -2.18. The van der Waals surface area contributed by atoms with Crippen LogP contribution in [0.2, 0.25) is 0 Å². The van der Waals surface area contributed by atoms with Crippen molar-refractivity contribution >= 4 is 18.5 Å². The van der Waals surface area contributed by atoms with Crippen LogP contribution in [0.15, 0.2) is 30.3 Å². The van der Waals surface area contributed by atoms with E-state index in [0.717, 1.165) is 0 Å². The third-order valence-electron chi connectivity index (χ3n) is 1.31. The topological polar surface area (TPSA) is 38.7 Å². The second-order valence-corrected chi connectivity index (χ2v) is 5.74. The molecule has 1 rings (SSSR count). The van der Waals surface area contributed by atoms with Crippen LogP contribution in [-0.4, -0.2) is 11.0 Å². The van der Waals surface area contributed by atoms with Gasteiger partial charge in [0.15, 0.2) is 0 Å². The highest BCUT2D eigenvalue weighted by Crippen LogP contribution is 2.45. The molecule has 0 aliphatic heterocycles. The zero-order chi connectivity index (χ0) is 10.6. The second-order valence-electron chi connectivity index (χ2n) is 3.03. The Morgan fingerprint density at radius 1 is 1.29 bits per heavy atom. The van der Waals surface area contributed by atoms with E-state index in [1.807, 2.05) is 6.07 Å². The first-order valence-corrected chi connectivity index (χ1v) is 6.84. The Bertz CT molecular complexity index is 326. The number of hydrogen-bond donors (Lipinski definition) is 1. The molecule has 0 amide bonds. The molecular formula is C9H13O3PS. The van der Waals surface area contributed by atoms with Gasteiger partial charge < -0.3 is 9.42 Å². The fourth-order valence-electron chi connectivity index (χ4n) is 0.902. The molecule has 1 aromatic rings. The molecule has 1 N–H and O–H groups in total. The third-order valence-corrected chi connectivity index (χ3v) is 2.92. The van der Waals surface area contributed by atoms with Crippen LogP contribution >= 0.6 is 6.72 Å². The molecule has 14 heavy (non-hydrogen) atoms. The maximum Gasteiger partial charge on any atom is 0.378 e. The summed E-state index contributed by atoms with van der Waals surface area (Å²) in [6, 6.07) is 8.92. The second kappa shape index (κ2) is 4.89. The smallest absolute Gasteiger partial charge is 0.378 e. The van der Waals surface area contributed by atoms with E-state index in [4.69, 9.17) is 20.9 Å². The van der Waals surface area contributed by atoms with Crippen LogP contribution < -0.4 is 4.52 Å². The first-order valence-electron chi connectivity index (χ1n) is 4.25. The minimum absolute atomic E-state index is 0.144. The van der Waals surface area contributed by atoms with Crippen molar-refractivity contribution in [2.45, 2.75) is 20.0 Å². The van der Waals surface area contributed by atoms with E-state index in [9.17, 15) is 4.89 Å². The lowest BCUT2D eigenvalue weighted by molar-refractivity contribution is 0.203. The van der Waals surface area contributed by atoms with Crippen molar-refractivity contribution in [3.63, 3.8) is 0 Å². The molecule has 5 heteroatoms. The van der Waals surface area contributed by atoms with Gasteiger partial charge in [-0.2, -0.15) is 0 Å². The molecule has 0 heterocycles. The third kappa shape index (κ3) is 4.20. The quantitative estimate of drug-likeness (QED) is 0.810. The van der Waals surface area contributed by atoms with E-state index in [1.165, 1.54) is 0 Å². The number of para-hydroxylation sites is 1. The molecule has 1 aromatic carbocycles. The Labute approximate surface area is 88.9 Å². The van der Waals surface area contributed by atoms with E-state index < -0.39 is 6.72 Å². The fourth-order valence-corrected chi connectivity index (χ4v) is 2.64. The molecule has 0 aliphatic carbocycles. The van der Waals surface area contributed by atoms with Crippen molar-refractivity contribution in [2.75, 3.05) is 0 Å². The number of hydrogen-bond acceptors (Lipinski definition) is 3. The van der Waals surface area contributed by atoms with Gasteiger partial charge in [-0.15, -0.1) is 0 Å². The van der Waals surface area contributed by atoms with Crippen LogP contribution in [0.5, 0.6) is 5.75 Å². The molecule has 0 spiro atoms. The average Bonchev–Trinajstić information content (AvgIpc) is 2.02. The van der Waals surface area contributed by atoms with Gasteiger partial charge in [-0.1, -0.05) is 18.2 Å². The van der Waals surface area contributed by atoms with E-state index in [1.54, 1.807) is 38.1 Å². The van der Waals surface area contributed by atoms with E-state index in [0.29, 0.717) is 5.75 Å². The highest BCUT2D eigenvalue weighted by Gasteiger charge is 2.18. The molecule has 1 atom stereocenters. The van der Waals surface area contributed by atoms with Gasteiger partial charge in [0.05, 0.1) is 6.10 Å². The summed E-state index contributed by atoms with van der Waals surface area (Å²) in [5, 5.41) is 0. The molecule has 0 fully saturated rings. The van der Waals surface area contributed by atoms with E-state index >= 15 is 0 Å². The van der Waals surface area contributed by atoms with Crippen LogP contribution in [0.3, 0.4) is 0 Å². The van der Waals surface area contributed by atoms with Crippen molar-refractivity contribution in [1.82, 2.24) is 0 Å². The Balaban J connectivity index is 2.64. The maximum atomic E-state index is 9.62. The van der Waals surface area contributed by atoms with Crippen molar-refractivity contribution in [3.05, 3.63) is 30.3 Å². The van der Waals surface area contributed by atoms with Crippen LogP contribution in [0.4, 0.5) is 0 Å². The Kier molecular flexibility index (Phi) is 4.08. The highest BCUT2D eigenvalue weighted by atomic mass is 32.5. The molecular weight excluding hydrogens is 219 g/mol. The van der Waals surface area contributed by atoms with Crippen LogP contribution in [0, 0.1) is 0 Å². The summed E-state index contributed by atoms with van der Waals surface area (Å²) < 4.78 is 10.3. The number of benzene rings is 1. The first-order chi connectivity index (χ1) is 6.49. The minimum Gasteiger partial charge on any atom is -0.424 e. The van der Waals surface area contributed by atoms with Gasteiger partial charge in [-0.3, -0.25) is 4.52 Å². The molecule has 0 saturated heterocycles. The Hall–Kier alpha value is -0.410. The van der Waals surface area contributed by atoms with Gasteiger partial charge in [0.2, 0.25) is 0 Å². The molecule has 78 valence electrons. The predicted octanol–water partition coefficient (Wildman–Crippen LogP) is 2.71. The lowest BCUT2D eigenvalue weighted by Crippen LogP contribution is -2.03. The van der Waals surface area contributed by atoms with Gasteiger partial charge in [-0.25, -0.2) is 0 Å². The molecule has 0 bridgehead atoms. The molecule has 0 radical (unpaired) electrons. The molecule has 0 saturated carbocycles. The summed E-state index contributed by atoms with van der Waals surface area (Å²) in [5.74, 6) is 0.527. The maximum absolute atomic E-state index is 9.62. The standard InChI is InChI=1S/C9H13O3PS/c1-8(2)11-13(10,14)12-9-6-4-3-5-7-9/h3-8H,1-2H3,(H,10,14). The summed E-state index contributed by atoms with van der Waals surface area (Å²) in [6.45, 7) is 0.457. The fraction of sp³-hybridized carbons (Fsp3) is 0.333. The summed E-state index contributed by atoms with van der Waals surface area (Å²) >= 11 is 4.82. The van der Waals surface area contributed by atoms with Crippen molar-refractivity contribution in [3.8, 4) is 5.75 Å². The van der Waals surface area contributed by atoms with Crippen molar-refractivity contribution in [2.24, 2.45) is 0 Å². The highest BCUT2D eigenvalue weighted by molar-refractivity contribution is 8.07. The van der Waals surface area contributed by atoms with Gasteiger partial charge in [0, 0.05) is 11.8 Å². The monoisotopic (exact) mass is 232 g/mol. The zero-order valence-electron chi connectivity index (χ0n) is 8.08. The zero-order valence-corrected chi connectivity index (χ0v) is 9.79. The van der Waals surface area contributed by atoms with Crippen LogP contribution in [0.25, 0.3) is 0 Å². The van der Waals surface area contributed by atoms with Crippen molar-refractivity contribution in [1.29, 1.82) is 0 Å². The van der Waals surface area contributed by atoms with Gasteiger partial charge in [-0.05, 0) is 26.0 Å². The SMILES string of the molecule is CC(C)OP(O)(=S)Oc1ccccc1. The lowest BCUT2D eigenvalue weighted by atomic mass is 10.3. The Morgan fingerprint density at radius 3 is 2.36 bits per heavy atom. The van der Waals surface area contributed by atoms with Crippen molar-refractivity contribution < 1.29 is 13.9 Å². The summed E-state index contributed by atoms with van der Waals surface area (Å²) in [7, 11) is 0. The Morgan fingerprint density at radius 2 is 1.86 bits per heavy atom. The molecule has 1 unspecified atom stereocenters. The van der Waals surface area contributed by atoms with Crippen LogP contribution in [-0.2, 0) is 16.3 Å². The van der Waals surface area contributed by atoms with Gasteiger partial charge >= 0.3 is 6.72 Å². The minimum atomic E-state index is -3.14. The molecule has 3 nitrogen and oxygen atoms in total. The average molecular weight is 232 g/mol. The van der Waals surface area contributed by atoms with Crippen LogP contribution in [0.1, 0.15) is 13.8 Å². The van der Waals surface area contributed by atoms with Gasteiger partial charge in [0.1, 0.15) is 5.75 Å². The molecule has 0 aromatic heterocycles. The van der Waals surface area contributed by atoms with E-state index in [2.05, 4.69) is 0 Å². The summed E-state index contributed by atoms with van der Waals surface area (Å²) in [5.41, 5.74) is 0. The number of rotatable bonds is 4. The van der Waals surface area contributed by atoms with E-state index in [-0.39, 0.29) is 6.10 Å². The predicted molar refractivity (Wildman–Crippen MR) is 59.8 cm³/mol. The summed E-state index contributed by atoms with van der Waals surface area (Å²) in [6.07, 6.45) is -0.144. The normalized spacial score (nSPS) is 15.1. The van der Waals surface area contributed by atoms with Gasteiger partial charge in [0.25, 0.3) is 0 Å². The molecule has 0 aliphatic rings. The first kappa shape index (κ1) is 11.7. The summed E-state index contributed by atoms with van der Waals surface area (Å²) in [4.78, 5) is 9.62.